The summed E-state index contributed by atoms with van der Waals surface area (Å²) in [4.78, 5) is 8.51. The van der Waals surface area contributed by atoms with Crippen LogP contribution in [0.3, 0.4) is 0 Å². The van der Waals surface area contributed by atoms with Gasteiger partial charge in [-0.05, 0) is 30.7 Å². The van der Waals surface area contributed by atoms with Gasteiger partial charge in [0.25, 0.3) is 0 Å². The average Bonchev–Trinajstić information content (AvgIpc) is 2.31. The van der Waals surface area contributed by atoms with Crippen molar-refractivity contribution in [1.82, 2.24) is 9.97 Å². The first-order chi connectivity index (χ1) is 7.77. The second-order valence-corrected chi connectivity index (χ2v) is 3.81. The van der Waals surface area contributed by atoms with Gasteiger partial charge in [-0.2, -0.15) is 0 Å². The third-order valence-corrected chi connectivity index (χ3v) is 2.60. The van der Waals surface area contributed by atoms with Crippen LogP contribution in [0.2, 0.25) is 0 Å². The van der Waals surface area contributed by atoms with Crippen LogP contribution in [-0.4, -0.2) is 9.97 Å². The minimum atomic E-state index is -0.0383. The van der Waals surface area contributed by atoms with Crippen molar-refractivity contribution in [2.24, 2.45) is 5.73 Å². The van der Waals surface area contributed by atoms with Crippen molar-refractivity contribution in [3.8, 4) is 0 Å². The van der Waals surface area contributed by atoms with E-state index in [4.69, 9.17) is 5.73 Å². The topological polar surface area (TPSA) is 51.8 Å². The highest BCUT2D eigenvalue weighted by Gasteiger charge is 2.10. The second kappa shape index (κ2) is 4.86. The molecule has 0 saturated carbocycles. The van der Waals surface area contributed by atoms with Gasteiger partial charge in [-0.15, -0.1) is 0 Å². The van der Waals surface area contributed by atoms with Gasteiger partial charge in [-0.1, -0.05) is 12.1 Å². The minimum Gasteiger partial charge on any atom is -0.324 e. The molecule has 0 saturated heterocycles. The molecule has 0 amide bonds. The lowest BCUT2D eigenvalue weighted by Gasteiger charge is -2.13. The molecule has 16 heavy (non-hydrogen) atoms. The molecule has 0 aromatic carbocycles. The van der Waals surface area contributed by atoms with Crippen LogP contribution in [0, 0.1) is 6.92 Å². The molecule has 2 rings (SSSR count). The lowest BCUT2D eigenvalue weighted by Crippen LogP contribution is -2.15. The number of hydrogen-bond donors (Lipinski definition) is 1. The number of rotatable bonds is 3. The van der Waals surface area contributed by atoms with Crippen molar-refractivity contribution in [3.05, 3.63) is 59.7 Å². The van der Waals surface area contributed by atoms with Gasteiger partial charge >= 0.3 is 0 Å². The third-order valence-electron chi connectivity index (χ3n) is 2.60. The van der Waals surface area contributed by atoms with Crippen molar-refractivity contribution >= 4 is 0 Å². The molecule has 82 valence electrons. The van der Waals surface area contributed by atoms with E-state index in [0.29, 0.717) is 0 Å². The highest BCUT2D eigenvalue weighted by Crippen LogP contribution is 2.16. The highest BCUT2D eigenvalue weighted by atomic mass is 14.7. The second-order valence-electron chi connectivity index (χ2n) is 3.81. The number of aromatic nitrogens is 2. The molecule has 0 radical (unpaired) electrons. The average molecular weight is 213 g/mol. The predicted octanol–water partition coefficient (Wildman–Crippen LogP) is 2.03. The van der Waals surface area contributed by atoms with Crippen LogP contribution in [0.1, 0.15) is 23.0 Å². The summed E-state index contributed by atoms with van der Waals surface area (Å²) < 4.78 is 0. The largest absolute Gasteiger partial charge is 0.324 e. The van der Waals surface area contributed by atoms with Crippen LogP contribution in [0.15, 0.2) is 42.7 Å². The molecular weight excluding hydrogens is 198 g/mol. The molecule has 0 aliphatic heterocycles. The zero-order valence-corrected chi connectivity index (χ0v) is 9.30. The maximum Gasteiger partial charge on any atom is 0.0422 e. The molecule has 0 aliphatic rings. The molecule has 2 aromatic rings. The first kappa shape index (κ1) is 10.8. The molecule has 2 N–H and O–H groups in total. The fourth-order valence-electron chi connectivity index (χ4n) is 1.74. The Bertz CT molecular complexity index is 454. The van der Waals surface area contributed by atoms with Gasteiger partial charge in [0.05, 0.1) is 0 Å². The van der Waals surface area contributed by atoms with Crippen molar-refractivity contribution in [2.45, 2.75) is 19.4 Å². The summed E-state index contributed by atoms with van der Waals surface area (Å²) in [6.45, 7) is 1.98. The normalized spacial score (nSPS) is 12.4. The van der Waals surface area contributed by atoms with E-state index in [1.54, 1.807) is 12.4 Å². The third kappa shape index (κ3) is 2.44. The summed E-state index contributed by atoms with van der Waals surface area (Å²) in [5.74, 6) is 0. The summed E-state index contributed by atoms with van der Waals surface area (Å²) in [5, 5.41) is 0. The van der Waals surface area contributed by atoms with Gasteiger partial charge in [0.15, 0.2) is 0 Å². The Labute approximate surface area is 95.4 Å². The zero-order valence-electron chi connectivity index (χ0n) is 9.30. The first-order valence-corrected chi connectivity index (χ1v) is 5.34. The van der Waals surface area contributed by atoms with Gasteiger partial charge in [0.1, 0.15) is 0 Å². The number of nitrogens with two attached hydrogens (primary N) is 1. The number of nitrogens with zero attached hydrogens (tertiary/aromatic N) is 2. The summed E-state index contributed by atoms with van der Waals surface area (Å²) in [5.41, 5.74) is 9.24. The van der Waals surface area contributed by atoms with Crippen LogP contribution in [0.4, 0.5) is 0 Å². The molecule has 1 atom stereocenters. The van der Waals surface area contributed by atoms with Gasteiger partial charge in [0.2, 0.25) is 0 Å². The molecule has 0 bridgehead atoms. The van der Waals surface area contributed by atoms with Gasteiger partial charge in [-0.25, -0.2) is 0 Å². The predicted molar refractivity (Wildman–Crippen MR) is 63.8 cm³/mol. The van der Waals surface area contributed by atoms with Crippen LogP contribution >= 0.6 is 0 Å². The molecule has 2 heterocycles. The highest BCUT2D eigenvalue weighted by molar-refractivity contribution is 5.23. The minimum absolute atomic E-state index is 0.0383. The lowest BCUT2D eigenvalue weighted by molar-refractivity contribution is 0.697. The zero-order chi connectivity index (χ0) is 11.4. The standard InChI is InChI=1S/C13H15N3/c1-10-12(6-4-8-15-10)13(14)9-11-5-2-3-7-16-11/h2-8,13H,9,14H2,1H3. The summed E-state index contributed by atoms with van der Waals surface area (Å²) in [6, 6.07) is 9.78. The molecule has 2 aromatic heterocycles. The molecule has 0 aliphatic carbocycles. The fourth-order valence-corrected chi connectivity index (χ4v) is 1.74. The van der Waals surface area contributed by atoms with E-state index < -0.39 is 0 Å². The Hall–Kier alpha value is -1.74. The summed E-state index contributed by atoms with van der Waals surface area (Å²) >= 11 is 0. The van der Waals surface area contributed by atoms with Gasteiger partial charge < -0.3 is 5.73 Å². The molecule has 0 fully saturated rings. The molecule has 0 spiro atoms. The van der Waals surface area contributed by atoms with E-state index in [2.05, 4.69) is 9.97 Å². The number of pyridine rings is 2. The van der Waals surface area contributed by atoms with Crippen LogP contribution in [-0.2, 0) is 6.42 Å². The van der Waals surface area contributed by atoms with Crippen molar-refractivity contribution < 1.29 is 0 Å². The Kier molecular flexibility index (Phi) is 3.27. The van der Waals surface area contributed by atoms with Gasteiger partial charge in [-0.3, -0.25) is 9.97 Å². The van der Waals surface area contributed by atoms with E-state index in [-0.39, 0.29) is 6.04 Å². The van der Waals surface area contributed by atoms with Crippen molar-refractivity contribution in [3.63, 3.8) is 0 Å². The van der Waals surface area contributed by atoms with Crippen LogP contribution < -0.4 is 5.73 Å². The SMILES string of the molecule is Cc1ncccc1C(N)Cc1ccccn1. The summed E-state index contributed by atoms with van der Waals surface area (Å²) in [6.07, 6.45) is 4.32. The quantitative estimate of drug-likeness (QED) is 0.848. The Morgan fingerprint density at radius 3 is 2.62 bits per heavy atom. The van der Waals surface area contributed by atoms with Gasteiger partial charge in [0, 0.05) is 36.2 Å². The Morgan fingerprint density at radius 2 is 1.94 bits per heavy atom. The Morgan fingerprint density at radius 1 is 1.12 bits per heavy atom. The van der Waals surface area contributed by atoms with E-state index >= 15 is 0 Å². The molecule has 3 nitrogen and oxygen atoms in total. The van der Waals surface area contributed by atoms with Crippen LogP contribution in [0.25, 0.3) is 0 Å². The van der Waals surface area contributed by atoms with E-state index in [1.165, 1.54) is 0 Å². The Balaban J connectivity index is 2.15. The fraction of sp³-hybridized carbons (Fsp3) is 0.231. The first-order valence-electron chi connectivity index (χ1n) is 5.34. The molecule has 1 unspecified atom stereocenters. The smallest absolute Gasteiger partial charge is 0.0422 e. The maximum absolute atomic E-state index is 6.15. The van der Waals surface area contributed by atoms with Crippen LogP contribution in [0.5, 0.6) is 0 Å². The lowest BCUT2D eigenvalue weighted by atomic mass is 10.0. The number of aryl methyl sites for hydroxylation is 1. The molecular formula is C13H15N3. The number of hydrogen-bond acceptors (Lipinski definition) is 3. The van der Waals surface area contributed by atoms with Crippen molar-refractivity contribution in [2.75, 3.05) is 0 Å². The van der Waals surface area contributed by atoms with E-state index in [9.17, 15) is 0 Å². The summed E-state index contributed by atoms with van der Waals surface area (Å²) in [7, 11) is 0. The monoisotopic (exact) mass is 213 g/mol. The maximum atomic E-state index is 6.15. The van der Waals surface area contributed by atoms with E-state index in [1.807, 2.05) is 37.3 Å². The van der Waals surface area contributed by atoms with E-state index in [0.717, 1.165) is 23.4 Å². The molecule has 3 heteroatoms. The van der Waals surface area contributed by atoms with Crippen molar-refractivity contribution in [1.29, 1.82) is 0 Å².